The van der Waals surface area contributed by atoms with Gasteiger partial charge in [0.25, 0.3) is 0 Å². The fraction of sp³-hybridized carbons (Fsp3) is 0.333. The molecule has 0 N–H and O–H groups in total. The molecule has 0 aliphatic heterocycles. The molecule has 0 amide bonds. The Balaban J connectivity index is 2.26. The number of rotatable bonds is 5. The number of benzene rings is 1. The Morgan fingerprint density at radius 3 is 2.57 bits per heavy atom. The Bertz CT molecular complexity index is 635. The Labute approximate surface area is 122 Å². The van der Waals surface area contributed by atoms with Gasteiger partial charge < -0.3 is 18.7 Å². The summed E-state index contributed by atoms with van der Waals surface area (Å²) in [6, 6.07) is 6.63. The van der Waals surface area contributed by atoms with Crippen LogP contribution in [0.3, 0.4) is 0 Å². The van der Waals surface area contributed by atoms with Crippen LogP contribution < -0.4 is 9.47 Å². The fourth-order valence-electron chi connectivity index (χ4n) is 1.84. The smallest absolute Gasteiger partial charge is 0.337 e. The van der Waals surface area contributed by atoms with Crippen molar-refractivity contribution in [2.75, 3.05) is 14.2 Å². The third-order valence-electron chi connectivity index (χ3n) is 2.94. The largest absolute Gasteiger partial charge is 0.493 e. The molecule has 0 saturated carbocycles. The quantitative estimate of drug-likeness (QED) is 0.789. The predicted molar refractivity (Wildman–Crippen MR) is 74.6 cm³/mol. The van der Waals surface area contributed by atoms with E-state index < -0.39 is 5.97 Å². The number of carbonyl (C=O) groups excluding carboxylic acids is 1. The van der Waals surface area contributed by atoms with Gasteiger partial charge in [-0.2, -0.15) is 0 Å². The minimum atomic E-state index is -0.439. The topological polar surface area (TPSA) is 70.8 Å². The first-order chi connectivity index (χ1) is 10.0. The Morgan fingerprint density at radius 1 is 1.24 bits per heavy atom. The molecule has 6 heteroatoms. The van der Waals surface area contributed by atoms with Gasteiger partial charge in [-0.25, -0.2) is 4.79 Å². The van der Waals surface area contributed by atoms with Gasteiger partial charge in [0.2, 0.25) is 0 Å². The summed E-state index contributed by atoms with van der Waals surface area (Å²) >= 11 is 0. The summed E-state index contributed by atoms with van der Waals surface area (Å²) < 4.78 is 20.9. The maximum atomic E-state index is 11.6. The van der Waals surface area contributed by atoms with Gasteiger partial charge in [0.1, 0.15) is 0 Å². The molecule has 1 heterocycles. The van der Waals surface area contributed by atoms with E-state index in [1.54, 1.807) is 24.3 Å². The van der Waals surface area contributed by atoms with Gasteiger partial charge in [0.05, 0.1) is 25.5 Å². The maximum absolute atomic E-state index is 11.6. The third kappa shape index (κ3) is 3.34. The van der Waals surface area contributed by atoms with Crippen molar-refractivity contribution in [1.82, 2.24) is 5.16 Å². The van der Waals surface area contributed by atoms with Gasteiger partial charge in [0, 0.05) is 6.07 Å². The summed E-state index contributed by atoms with van der Waals surface area (Å²) in [5.41, 5.74) is 1.16. The van der Waals surface area contributed by atoms with Crippen LogP contribution in [0.15, 0.2) is 28.8 Å². The zero-order valence-electron chi connectivity index (χ0n) is 12.4. The zero-order chi connectivity index (χ0) is 15.4. The highest BCUT2D eigenvalue weighted by molar-refractivity contribution is 5.90. The van der Waals surface area contributed by atoms with Crippen LogP contribution in [0.5, 0.6) is 11.5 Å². The highest BCUT2D eigenvalue weighted by Gasteiger charge is 2.17. The lowest BCUT2D eigenvalue weighted by atomic mass is 10.2. The fourth-order valence-corrected chi connectivity index (χ4v) is 1.84. The molecule has 112 valence electrons. The van der Waals surface area contributed by atoms with Gasteiger partial charge in [-0.15, -0.1) is 0 Å². The number of nitrogens with zero attached hydrogens (tertiary/aromatic N) is 1. The van der Waals surface area contributed by atoms with Crippen LogP contribution in [0.2, 0.25) is 0 Å². The van der Waals surface area contributed by atoms with Gasteiger partial charge in [0.15, 0.2) is 23.4 Å². The number of aryl methyl sites for hydroxylation is 1. The van der Waals surface area contributed by atoms with Gasteiger partial charge in [-0.3, -0.25) is 0 Å². The van der Waals surface area contributed by atoms with E-state index in [1.165, 1.54) is 14.2 Å². The van der Waals surface area contributed by atoms with Crippen molar-refractivity contribution in [1.29, 1.82) is 0 Å². The lowest BCUT2D eigenvalue weighted by Crippen LogP contribution is -2.06. The van der Waals surface area contributed by atoms with E-state index in [2.05, 4.69) is 5.16 Å². The molecule has 1 atom stereocenters. The molecular weight excluding hydrogens is 274 g/mol. The lowest BCUT2D eigenvalue weighted by Gasteiger charge is -2.15. The molecule has 2 aromatic rings. The summed E-state index contributed by atoms with van der Waals surface area (Å²) in [6.07, 6.45) is -0.368. The second kappa shape index (κ2) is 6.30. The minimum absolute atomic E-state index is 0.368. The summed E-state index contributed by atoms with van der Waals surface area (Å²) in [5, 5.41) is 3.82. The molecule has 1 unspecified atom stereocenters. The van der Waals surface area contributed by atoms with Crippen LogP contribution in [-0.2, 0) is 4.74 Å². The van der Waals surface area contributed by atoms with Crippen molar-refractivity contribution in [2.45, 2.75) is 20.0 Å². The minimum Gasteiger partial charge on any atom is -0.493 e. The molecule has 1 aromatic heterocycles. The van der Waals surface area contributed by atoms with Crippen LogP contribution in [0.25, 0.3) is 0 Å². The number of ether oxygens (including phenoxy) is 3. The van der Waals surface area contributed by atoms with E-state index in [0.29, 0.717) is 22.8 Å². The standard InChI is InChI=1S/C15H17NO5/c1-9-7-13(21-16-9)10(2)20-14-8-11(15(17)19-4)5-6-12(14)18-3/h5-8,10H,1-4H3. The highest BCUT2D eigenvalue weighted by atomic mass is 16.5. The van der Waals surface area contributed by atoms with Crippen molar-refractivity contribution < 1.29 is 23.5 Å². The van der Waals surface area contributed by atoms with E-state index in [1.807, 2.05) is 13.8 Å². The van der Waals surface area contributed by atoms with E-state index >= 15 is 0 Å². The second-order valence-electron chi connectivity index (χ2n) is 4.49. The summed E-state index contributed by atoms with van der Waals surface area (Å²) in [7, 11) is 2.86. The lowest BCUT2D eigenvalue weighted by molar-refractivity contribution is 0.0599. The Morgan fingerprint density at radius 2 is 2.00 bits per heavy atom. The number of hydrogen-bond acceptors (Lipinski definition) is 6. The number of methoxy groups -OCH3 is 2. The Kier molecular flexibility index (Phi) is 4.47. The van der Waals surface area contributed by atoms with Crippen LogP contribution in [0.1, 0.15) is 34.8 Å². The first-order valence-electron chi connectivity index (χ1n) is 6.41. The monoisotopic (exact) mass is 291 g/mol. The average molecular weight is 291 g/mol. The summed E-state index contributed by atoms with van der Waals surface area (Å²) in [4.78, 5) is 11.6. The van der Waals surface area contributed by atoms with E-state index in [-0.39, 0.29) is 6.10 Å². The zero-order valence-corrected chi connectivity index (χ0v) is 12.4. The van der Waals surface area contributed by atoms with E-state index in [9.17, 15) is 4.79 Å². The van der Waals surface area contributed by atoms with Crippen molar-refractivity contribution in [3.05, 3.63) is 41.3 Å². The SMILES string of the molecule is COC(=O)c1ccc(OC)c(OC(C)c2cc(C)no2)c1. The highest BCUT2D eigenvalue weighted by Crippen LogP contribution is 2.32. The number of aromatic nitrogens is 1. The van der Waals surface area contributed by atoms with Crippen LogP contribution in [0, 0.1) is 6.92 Å². The van der Waals surface area contributed by atoms with E-state index in [0.717, 1.165) is 5.69 Å². The first-order valence-corrected chi connectivity index (χ1v) is 6.41. The number of hydrogen-bond donors (Lipinski definition) is 0. The second-order valence-corrected chi connectivity index (χ2v) is 4.49. The average Bonchev–Trinajstić information content (AvgIpc) is 2.93. The number of esters is 1. The molecule has 0 fully saturated rings. The van der Waals surface area contributed by atoms with E-state index in [4.69, 9.17) is 18.7 Å². The van der Waals surface area contributed by atoms with Crippen molar-refractivity contribution in [2.24, 2.45) is 0 Å². The van der Waals surface area contributed by atoms with Gasteiger partial charge >= 0.3 is 5.97 Å². The molecular formula is C15H17NO5. The van der Waals surface area contributed by atoms with Crippen molar-refractivity contribution >= 4 is 5.97 Å². The van der Waals surface area contributed by atoms with Gasteiger partial charge in [-0.05, 0) is 32.0 Å². The summed E-state index contributed by atoms with van der Waals surface area (Å²) in [5.74, 6) is 1.11. The molecule has 2 rings (SSSR count). The third-order valence-corrected chi connectivity index (χ3v) is 2.94. The van der Waals surface area contributed by atoms with Crippen molar-refractivity contribution in [3.63, 3.8) is 0 Å². The van der Waals surface area contributed by atoms with Crippen LogP contribution in [-0.4, -0.2) is 25.3 Å². The van der Waals surface area contributed by atoms with Crippen molar-refractivity contribution in [3.8, 4) is 11.5 Å². The molecule has 0 radical (unpaired) electrons. The van der Waals surface area contributed by atoms with Crippen LogP contribution in [0.4, 0.5) is 0 Å². The maximum Gasteiger partial charge on any atom is 0.337 e. The molecule has 0 saturated heterocycles. The molecule has 0 bridgehead atoms. The molecule has 0 aliphatic rings. The normalized spacial score (nSPS) is 11.8. The first kappa shape index (κ1) is 14.9. The molecule has 21 heavy (non-hydrogen) atoms. The number of carbonyl (C=O) groups is 1. The molecule has 1 aromatic carbocycles. The Hall–Kier alpha value is -2.50. The summed E-state index contributed by atoms with van der Waals surface area (Å²) in [6.45, 7) is 3.66. The van der Waals surface area contributed by atoms with Gasteiger partial charge in [-0.1, -0.05) is 5.16 Å². The molecule has 6 nitrogen and oxygen atoms in total. The van der Waals surface area contributed by atoms with Crippen LogP contribution >= 0.6 is 0 Å². The molecule has 0 aliphatic carbocycles. The molecule has 0 spiro atoms. The predicted octanol–water partition coefficient (Wildman–Crippen LogP) is 2.92.